The van der Waals surface area contributed by atoms with Crippen LogP contribution in [0, 0.1) is 12.8 Å². The Morgan fingerprint density at radius 2 is 2.13 bits per heavy atom. The highest BCUT2D eigenvalue weighted by atomic mass is 79.9. The second-order valence-electron chi connectivity index (χ2n) is 4.94. The molecular weight excluding hydrogens is 252 g/mol. The first-order valence-corrected chi connectivity index (χ1v) is 6.18. The smallest absolute Gasteiger partial charge is 0.126 e. The van der Waals surface area contributed by atoms with Gasteiger partial charge >= 0.3 is 0 Å². The second-order valence-corrected chi connectivity index (χ2v) is 5.79. The topological polar surface area (TPSA) is 24.9 Å². The molecule has 1 aromatic rings. The monoisotopic (exact) mass is 268 g/mol. The number of anilines is 1. The molecule has 2 rings (SSSR count). The highest BCUT2D eigenvalue weighted by Gasteiger charge is 2.37. The van der Waals surface area contributed by atoms with Crippen molar-refractivity contribution in [1.29, 1.82) is 0 Å². The van der Waals surface area contributed by atoms with Crippen LogP contribution in [-0.2, 0) is 0 Å². The standard InChI is InChI=1S/C12H17BrN2/c1-8-6-11(14-7-10(8)13)15-12(2,3)9-4-5-9/h6-7,9H,4-5H2,1-3H3,(H,14,15). The molecule has 0 unspecified atom stereocenters. The van der Waals surface area contributed by atoms with Crippen molar-refractivity contribution in [2.24, 2.45) is 5.92 Å². The van der Waals surface area contributed by atoms with Gasteiger partial charge in [0.1, 0.15) is 5.82 Å². The lowest BCUT2D eigenvalue weighted by Crippen LogP contribution is -2.33. The highest BCUT2D eigenvalue weighted by molar-refractivity contribution is 9.10. The van der Waals surface area contributed by atoms with E-state index in [1.165, 1.54) is 18.4 Å². The second kappa shape index (κ2) is 3.78. The molecule has 0 aromatic carbocycles. The van der Waals surface area contributed by atoms with Gasteiger partial charge in [-0.2, -0.15) is 0 Å². The summed E-state index contributed by atoms with van der Waals surface area (Å²) in [6, 6.07) is 2.09. The number of nitrogens with one attached hydrogen (secondary N) is 1. The fourth-order valence-corrected chi connectivity index (χ4v) is 2.06. The van der Waals surface area contributed by atoms with E-state index in [0.717, 1.165) is 16.2 Å². The Kier molecular flexibility index (Phi) is 2.75. The SMILES string of the molecule is Cc1cc(NC(C)(C)C2CC2)ncc1Br. The van der Waals surface area contributed by atoms with Crippen LogP contribution in [0.4, 0.5) is 5.82 Å². The van der Waals surface area contributed by atoms with Gasteiger partial charge in [-0.25, -0.2) is 4.98 Å². The minimum absolute atomic E-state index is 0.174. The Morgan fingerprint density at radius 3 is 2.67 bits per heavy atom. The summed E-state index contributed by atoms with van der Waals surface area (Å²) < 4.78 is 1.07. The molecule has 3 heteroatoms. The summed E-state index contributed by atoms with van der Waals surface area (Å²) in [5.74, 6) is 1.79. The Morgan fingerprint density at radius 1 is 1.47 bits per heavy atom. The van der Waals surface area contributed by atoms with Crippen molar-refractivity contribution in [2.75, 3.05) is 5.32 Å². The van der Waals surface area contributed by atoms with Crippen LogP contribution in [0.15, 0.2) is 16.7 Å². The van der Waals surface area contributed by atoms with Gasteiger partial charge in [-0.15, -0.1) is 0 Å². The number of hydrogen-bond acceptors (Lipinski definition) is 2. The lowest BCUT2D eigenvalue weighted by Gasteiger charge is -2.27. The Hall–Kier alpha value is -0.570. The van der Waals surface area contributed by atoms with Gasteiger partial charge in [-0.3, -0.25) is 0 Å². The van der Waals surface area contributed by atoms with E-state index in [1.54, 1.807) is 0 Å². The summed E-state index contributed by atoms with van der Waals surface area (Å²) in [6.07, 6.45) is 4.55. The predicted molar refractivity (Wildman–Crippen MR) is 67.1 cm³/mol. The largest absolute Gasteiger partial charge is 0.365 e. The third-order valence-electron chi connectivity index (χ3n) is 3.10. The van der Waals surface area contributed by atoms with Crippen LogP contribution >= 0.6 is 15.9 Å². The minimum atomic E-state index is 0.174. The van der Waals surface area contributed by atoms with Gasteiger partial charge < -0.3 is 5.32 Å². The molecule has 0 aliphatic heterocycles. The van der Waals surface area contributed by atoms with Crippen LogP contribution in [0.2, 0.25) is 0 Å². The van der Waals surface area contributed by atoms with Crippen molar-refractivity contribution in [3.8, 4) is 0 Å². The molecule has 0 amide bonds. The maximum absolute atomic E-state index is 4.38. The third-order valence-corrected chi connectivity index (χ3v) is 3.93. The molecule has 1 N–H and O–H groups in total. The zero-order valence-electron chi connectivity index (χ0n) is 9.47. The number of aromatic nitrogens is 1. The van der Waals surface area contributed by atoms with Gasteiger partial charge in [0.25, 0.3) is 0 Å². The predicted octanol–water partition coefficient (Wildman–Crippen LogP) is 3.75. The highest BCUT2D eigenvalue weighted by Crippen LogP contribution is 2.40. The maximum Gasteiger partial charge on any atom is 0.126 e. The van der Waals surface area contributed by atoms with Crippen LogP contribution in [0.25, 0.3) is 0 Å². The molecule has 15 heavy (non-hydrogen) atoms. The first-order valence-electron chi connectivity index (χ1n) is 5.39. The van der Waals surface area contributed by atoms with Gasteiger partial charge in [0.2, 0.25) is 0 Å². The van der Waals surface area contributed by atoms with Crippen molar-refractivity contribution < 1.29 is 0 Å². The molecule has 1 heterocycles. The first-order chi connectivity index (χ1) is 6.99. The van der Waals surface area contributed by atoms with E-state index in [1.807, 2.05) is 6.20 Å². The molecule has 2 nitrogen and oxygen atoms in total. The Balaban J connectivity index is 2.13. The number of nitrogens with zero attached hydrogens (tertiary/aromatic N) is 1. The van der Waals surface area contributed by atoms with Crippen molar-refractivity contribution in [3.63, 3.8) is 0 Å². The fourth-order valence-electron chi connectivity index (χ4n) is 1.84. The van der Waals surface area contributed by atoms with Crippen LogP contribution in [-0.4, -0.2) is 10.5 Å². The lowest BCUT2D eigenvalue weighted by atomic mass is 9.99. The number of aryl methyl sites for hydroxylation is 1. The molecule has 0 bridgehead atoms. The average Bonchev–Trinajstić information content (AvgIpc) is 2.93. The van der Waals surface area contributed by atoms with Gasteiger partial charge in [0, 0.05) is 16.2 Å². The van der Waals surface area contributed by atoms with Crippen molar-refractivity contribution in [1.82, 2.24) is 4.98 Å². The maximum atomic E-state index is 4.38. The van der Waals surface area contributed by atoms with Crippen molar-refractivity contribution in [3.05, 3.63) is 22.3 Å². The number of hydrogen-bond donors (Lipinski definition) is 1. The summed E-state index contributed by atoms with van der Waals surface area (Å²) in [5, 5.41) is 3.52. The van der Waals surface area contributed by atoms with Crippen LogP contribution in [0.5, 0.6) is 0 Å². The molecule has 1 aliphatic carbocycles. The fraction of sp³-hybridized carbons (Fsp3) is 0.583. The summed E-state index contributed by atoms with van der Waals surface area (Å²) in [4.78, 5) is 4.38. The van der Waals surface area contributed by atoms with E-state index < -0.39 is 0 Å². The molecule has 0 saturated heterocycles. The third kappa shape index (κ3) is 2.51. The number of halogens is 1. The average molecular weight is 269 g/mol. The zero-order valence-corrected chi connectivity index (χ0v) is 11.1. The number of rotatable bonds is 3. The van der Waals surface area contributed by atoms with Gasteiger partial charge in [0.05, 0.1) is 0 Å². The van der Waals surface area contributed by atoms with E-state index in [-0.39, 0.29) is 5.54 Å². The van der Waals surface area contributed by atoms with E-state index in [0.29, 0.717) is 0 Å². The van der Waals surface area contributed by atoms with Crippen LogP contribution in [0.1, 0.15) is 32.3 Å². The summed E-state index contributed by atoms with van der Waals surface area (Å²) >= 11 is 3.46. The zero-order chi connectivity index (χ0) is 11.1. The van der Waals surface area contributed by atoms with E-state index in [4.69, 9.17) is 0 Å². The molecule has 1 aliphatic rings. The number of pyridine rings is 1. The van der Waals surface area contributed by atoms with Gasteiger partial charge in [-0.05, 0) is 67.1 Å². The normalized spacial score (nSPS) is 16.5. The lowest BCUT2D eigenvalue weighted by molar-refractivity contribution is 0.492. The van der Waals surface area contributed by atoms with Gasteiger partial charge in [0.15, 0.2) is 0 Å². The minimum Gasteiger partial charge on any atom is -0.365 e. The van der Waals surface area contributed by atoms with Crippen molar-refractivity contribution >= 4 is 21.7 Å². The van der Waals surface area contributed by atoms with Gasteiger partial charge in [-0.1, -0.05) is 0 Å². The van der Waals surface area contributed by atoms with Crippen LogP contribution in [0.3, 0.4) is 0 Å². The summed E-state index contributed by atoms with van der Waals surface area (Å²) in [7, 11) is 0. The van der Waals surface area contributed by atoms with E-state index >= 15 is 0 Å². The molecule has 82 valence electrons. The molecular formula is C12H17BrN2. The molecule has 0 spiro atoms. The Labute approximate surface area is 99.6 Å². The quantitative estimate of drug-likeness (QED) is 0.903. The molecule has 0 atom stereocenters. The van der Waals surface area contributed by atoms with Crippen LogP contribution < -0.4 is 5.32 Å². The van der Waals surface area contributed by atoms with E-state index in [2.05, 4.69) is 53.1 Å². The summed E-state index contributed by atoms with van der Waals surface area (Å²) in [5.41, 5.74) is 1.40. The first kappa shape index (κ1) is 10.9. The molecule has 1 fully saturated rings. The Bertz CT molecular complexity index is 370. The molecule has 1 saturated carbocycles. The molecule has 0 radical (unpaired) electrons. The molecule has 1 aromatic heterocycles. The van der Waals surface area contributed by atoms with Crippen molar-refractivity contribution in [2.45, 2.75) is 39.2 Å². The van der Waals surface area contributed by atoms with E-state index in [9.17, 15) is 0 Å². The summed E-state index contributed by atoms with van der Waals surface area (Å²) in [6.45, 7) is 6.59.